The number of aryl methyl sites for hydroxylation is 2. The molecule has 136 valence electrons. The Morgan fingerprint density at radius 3 is 2.64 bits per heavy atom. The molecule has 3 N–H and O–H groups in total. The summed E-state index contributed by atoms with van der Waals surface area (Å²) in [5.41, 5.74) is 9.79. The van der Waals surface area contributed by atoms with Crippen molar-refractivity contribution < 1.29 is 9.90 Å². The summed E-state index contributed by atoms with van der Waals surface area (Å²) < 4.78 is 2.03. The molecule has 1 unspecified atom stereocenters. The number of rotatable bonds is 6. The summed E-state index contributed by atoms with van der Waals surface area (Å²) in [7, 11) is 0. The van der Waals surface area contributed by atoms with Crippen molar-refractivity contribution in [1.29, 1.82) is 0 Å². The van der Waals surface area contributed by atoms with Crippen molar-refractivity contribution in [3.8, 4) is 0 Å². The van der Waals surface area contributed by atoms with E-state index in [0.717, 1.165) is 37.0 Å². The van der Waals surface area contributed by atoms with Gasteiger partial charge < -0.3 is 20.3 Å². The van der Waals surface area contributed by atoms with Crippen LogP contribution >= 0.6 is 0 Å². The highest BCUT2D eigenvalue weighted by atomic mass is 16.3. The van der Waals surface area contributed by atoms with Crippen molar-refractivity contribution in [2.45, 2.75) is 45.8 Å². The molecule has 2 aromatic rings. The van der Waals surface area contributed by atoms with E-state index in [0.29, 0.717) is 25.4 Å². The van der Waals surface area contributed by atoms with E-state index in [1.807, 2.05) is 10.9 Å². The number of likely N-dealkylation sites (tertiary alicyclic amines) is 1. The second-order valence-electron chi connectivity index (χ2n) is 7.39. The number of imidazole rings is 1. The third-order valence-electron chi connectivity index (χ3n) is 5.31. The number of amides is 1. The van der Waals surface area contributed by atoms with Gasteiger partial charge in [-0.3, -0.25) is 4.79 Å². The minimum Gasteiger partial charge on any atom is -0.390 e. The summed E-state index contributed by atoms with van der Waals surface area (Å²) in [6.07, 6.45) is 3.80. The van der Waals surface area contributed by atoms with Gasteiger partial charge in [-0.05, 0) is 69.0 Å². The highest BCUT2D eigenvalue weighted by Gasteiger charge is 2.22. The summed E-state index contributed by atoms with van der Waals surface area (Å²) in [5.74, 6) is 0.186. The molecule has 25 heavy (non-hydrogen) atoms. The second-order valence-corrected chi connectivity index (χ2v) is 7.39. The maximum absolute atomic E-state index is 11.0. The molecule has 3 rings (SSSR count). The Bertz CT molecular complexity index is 747. The number of β-amino-alcohol motifs (C(OH)–C–C–N with tert-alkyl or cyclic N) is 1. The molecule has 0 spiro atoms. The average molecular weight is 344 g/mol. The lowest BCUT2D eigenvalue weighted by Gasteiger charge is -2.32. The quantitative estimate of drug-likeness (QED) is 0.834. The smallest absolute Gasteiger partial charge is 0.217 e. The molecule has 1 aromatic heterocycles. The van der Waals surface area contributed by atoms with Crippen LogP contribution in [0, 0.1) is 19.8 Å². The molecule has 0 bridgehead atoms. The molecule has 1 aromatic carbocycles. The Morgan fingerprint density at radius 2 is 1.96 bits per heavy atom. The van der Waals surface area contributed by atoms with Crippen molar-refractivity contribution in [3.63, 3.8) is 0 Å². The van der Waals surface area contributed by atoms with Crippen LogP contribution in [0.5, 0.6) is 0 Å². The Morgan fingerprint density at radius 1 is 1.28 bits per heavy atom. The highest BCUT2D eigenvalue weighted by molar-refractivity contribution is 5.77. The molecule has 1 atom stereocenters. The number of benzene rings is 1. The Kier molecular flexibility index (Phi) is 5.39. The van der Waals surface area contributed by atoms with Crippen LogP contribution in [-0.4, -0.2) is 51.2 Å². The predicted molar refractivity (Wildman–Crippen MR) is 98.2 cm³/mol. The molecule has 0 saturated carbocycles. The number of aliphatic hydroxyl groups is 1. The van der Waals surface area contributed by atoms with Crippen LogP contribution in [0.3, 0.4) is 0 Å². The lowest BCUT2D eigenvalue weighted by atomic mass is 9.93. The van der Waals surface area contributed by atoms with Crippen molar-refractivity contribution in [2.75, 3.05) is 19.6 Å². The SMILES string of the molecule is Cc1cc2ncn(CC(O)CN3CCC(CC(N)=O)CC3)c2cc1C. The first kappa shape index (κ1) is 17.9. The number of nitrogens with two attached hydrogens (primary N) is 1. The number of fused-ring (bicyclic) bond motifs is 1. The van der Waals surface area contributed by atoms with Crippen LogP contribution in [0.25, 0.3) is 11.0 Å². The van der Waals surface area contributed by atoms with Gasteiger partial charge in [0.05, 0.1) is 30.0 Å². The third-order valence-corrected chi connectivity index (χ3v) is 5.31. The van der Waals surface area contributed by atoms with Crippen molar-refractivity contribution in [1.82, 2.24) is 14.5 Å². The lowest BCUT2D eigenvalue weighted by molar-refractivity contribution is -0.119. The molecule has 1 fully saturated rings. The minimum atomic E-state index is -0.438. The van der Waals surface area contributed by atoms with E-state index >= 15 is 0 Å². The lowest BCUT2D eigenvalue weighted by Crippen LogP contribution is -2.40. The van der Waals surface area contributed by atoms with Gasteiger partial charge in [-0.25, -0.2) is 4.98 Å². The number of hydrogen-bond donors (Lipinski definition) is 2. The average Bonchev–Trinajstić information content (AvgIpc) is 2.91. The Labute approximate surface area is 148 Å². The van der Waals surface area contributed by atoms with Gasteiger partial charge >= 0.3 is 0 Å². The maximum atomic E-state index is 11.0. The first-order valence-corrected chi connectivity index (χ1v) is 9.03. The van der Waals surface area contributed by atoms with Crippen LogP contribution < -0.4 is 5.73 Å². The number of primary amides is 1. The molecule has 6 heteroatoms. The molecular formula is C19H28N4O2. The van der Waals surface area contributed by atoms with E-state index in [2.05, 4.69) is 35.9 Å². The fraction of sp³-hybridized carbons (Fsp3) is 0.579. The third kappa shape index (κ3) is 4.38. The van der Waals surface area contributed by atoms with Crippen molar-refractivity contribution in [3.05, 3.63) is 29.6 Å². The van der Waals surface area contributed by atoms with Crippen LogP contribution in [0.4, 0.5) is 0 Å². The molecule has 0 aliphatic carbocycles. The zero-order valence-electron chi connectivity index (χ0n) is 15.1. The minimum absolute atomic E-state index is 0.212. The fourth-order valence-corrected chi connectivity index (χ4v) is 3.70. The number of carbonyl (C=O) groups excluding carboxylic acids is 1. The molecular weight excluding hydrogens is 316 g/mol. The number of piperidine rings is 1. The summed E-state index contributed by atoms with van der Waals surface area (Å²) in [6.45, 7) is 7.20. The normalized spacial score (nSPS) is 17.9. The number of nitrogens with zero attached hydrogens (tertiary/aromatic N) is 3. The van der Waals surface area contributed by atoms with Gasteiger partial charge in [0, 0.05) is 13.0 Å². The summed E-state index contributed by atoms with van der Waals surface area (Å²) in [6, 6.07) is 4.23. The topological polar surface area (TPSA) is 84.4 Å². The van der Waals surface area contributed by atoms with Crippen molar-refractivity contribution >= 4 is 16.9 Å². The van der Waals surface area contributed by atoms with E-state index < -0.39 is 6.10 Å². The number of hydrogen-bond acceptors (Lipinski definition) is 4. The molecule has 2 heterocycles. The van der Waals surface area contributed by atoms with E-state index in [-0.39, 0.29) is 5.91 Å². The molecule has 1 aliphatic heterocycles. The van der Waals surface area contributed by atoms with Gasteiger partial charge in [-0.15, -0.1) is 0 Å². The number of carbonyl (C=O) groups is 1. The first-order chi connectivity index (χ1) is 11.9. The molecule has 1 amide bonds. The van der Waals surface area contributed by atoms with E-state index in [9.17, 15) is 9.90 Å². The predicted octanol–water partition coefficient (Wildman–Crippen LogP) is 1.60. The van der Waals surface area contributed by atoms with Crippen LogP contribution in [0.1, 0.15) is 30.4 Å². The number of aromatic nitrogens is 2. The largest absolute Gasteiger partial charge is 0.390 e. The standard InChI is InChI=1S/C19H28N4O2/c1-13-7-17-18(8-14(13)2)23(12-21-17)11-16(24)10-22-5-3-15(4-6-22)9-19(20)25/h7-8,12,15-16,24H,3-6,9-11H2,1-2H3,(H2,20,25). The number of aliphatic hydroxyl groups excluding tert-OH is 1. The van der Waals surface area contributed by atoms with Crippen LogP contribution in [-0.2, 0) is 11.3 Å². The first-order valence-electron chi connectivity index (χ1n) is 9.03. The van der Waals surface area contributed by atoms with Gasteiger partial charge in [0.25, 0.3) is 0 Å². The zero-order chi connectivity index (χ0) is 18.0. The molecule has 1 saturated heterocycles. The Balaban J connectivity index is 1.56. The fourth-order valence-electron chi connectivity index (χ4n) is 3.70. The van der Waals surface area contributed by atoms with Gasteiger partial charge in [-0.1, -0.05) is 0 Å². The van der Waals surface area contributed by atoms with E-state index in [1.165, 1.54) is 11.1 Å². The van der Waals surface area contributed by atoms with Gasteiger partial charge in [0.1, 0.15) is 0 Å². The summed E-state index contributed by atoms with van der Waals surface area (Å²) in [4.78, 5) is 17.7. The highest BCUT2D eigenvalue weighted by Crippen LogP contribution is 2.21. The molecule has 1 aliphatic rings. The van der Waals surface area contributed by atoms with Crippen LogP contribution in [0.15, 0.2) is 18.5 Å². The second kappa shape index (κ2) is 7.54. The van der Waals surface area contributed by atoms with Gasteiger partial charge in [0.15, 0.2) is 0 Å². The summed E-state index contributed by atoms with van der Waals surface area (Å²) in [5, 5.41) is 10.5. The molecule has 6 nitrogen and oxygen atoms in total. The monoisotopic (exact) mass is 344 g/mol. The van der Waals surface area contributed by atoms with Crippen molar-refractivity contribution in [2.24, 2.45) is 11.7 Å². The molecule has 0 radical (unpaired) electrons. The van der Waals surface area contributed by atoms with E-state index in [1.54, 1.807) is 0 Å². The van der Waals surface area contributed by atoms with Crippen LogP contribution in [0.2, 0.25) is 0 Å². The zero-order valence-corrected chi connectivity index (χ0v) is 15.1. The van der Waals surface area contributed by atoms with Gasteiger partial charge in [0.2, 0.25) is 5.91 Å². The maximum Gasteiger partial charge on any atom is 0.217 e. The van der Waals surface area contributed by atoms with Gasteiger partial charge in [-0.2, -0.15) is 0 Å². The van der Waals surface area contributed by atoms with E-state index in [4.69, 9.17) is 5.73 Å². The Hall–Kier alpha value is -1.92. The summed E-state index contributed by atoms with van der Waals surface area (Å²) >= 11 is 0.